The predicted molar refractivity (Wildman–Crippen MR) is 84.8 cm³/mol. The van der Waals surface area contributed by atoms with Crippen molar-refractivity contribution in [2.45, 2.75) is 38.1 Å². The van der Waals surface area contributed by atoms with Crippen molar-refractivity contribution in [3.8, 4) is 0 Å². The number of anilines is 1. The Kier molecular flexibility index (Phi) is 5.51. The van der Waals surface area contributed by atoms with Gasteiger partial charge in [-0.1, -0.05) is 19.3 Å². The van der Waals surface area contributed by atoms with Gasteiger partial charge in [0.1, 0.15) is 0 Å². The lowest BCUT2D eigenvalue weighted by molar-refractivity contribution is -0.384. The highest BCUT2D eigenvalue weighted by molar-refractivity contribution is 5.90. The number of nitrogens with one attached hydrogen (secondary N) is 2. The largest absolute Gasteiger partial charge is 0.369 e. The molecule has 8 nitrogen and oxygen atoms in total. The van der Waals surface area contributed by atoms with Crippen LogP contribution in [0.4, 0.5) is 16.2 Å². The Bertz CT molecular complexity index is 588. The highest BCUT2D eigenvalue weighted by Gasteiger charge is 2.29. The third-order valence-electron chi connectivity index (χ3n) is 4.03. The van der Waals surface area contributed by atoms with E-state index in [1.54, 1.807) is 0 Å². The van der Waals surface area contributed by atoms with E-state index in [0.29, 0.717) is 18.5 Å². The van der Waals surface area contributed by atoms with Gasteiger partial charge in [-0.2, -0.15) is 0 Å². The monoisotopic (exact) mass is 320 g/mol. The first-order valence-electron chi connectivity index (χ1n) is 7.58. The standard InChI is InChI=1S/C15H20N4O4/c16-14(20)12-4-2-1-3-5-13(12)18-15(21)17-10-6-8-11(9-7-10)19(22)23/h6-9,12-13H,1-5H2,(H2,16,20)(H2,17,18,21). The lowest BCUT2D eigenvalue weighted by Gasteiger charge is -2.23. The average Bonchev–Trinajstić information content (AvgIpc) is 2.73. The summed E-state index contributed by atoms with van der Waals surface area (Å²) in [5.74, 6) is -0.757. The van der Waals surface area contributed by atoms with E-state index in [2.05, 4.69) is 10.6 Å². The number of rotatable bonds is 4. The zero-order valence-corrected chi connectivity index (χ0v) is 12.7. The Morgan fingerprint density at radius 3 is 2.39 bits per heavy atom. The molecule has 0 saturated heterocycles. The maximum absolute atomic E-state index is 12.1. The molecule has 1 aliphatic rings. The van der Waals surface area contributed by atoms with Gasteiger partial charge in [-0.15, -0.1) is 0 Å². The number of nitrogens with zero attached hydrogens (tertiary/aromatic N) is 1. The summed E-state index contributed by atoms with van der Waals surface area (Å²) in [5.41, 5.74) is 5.82. The van der Waals surface area contributed by atoms with Crippen LogP contribution < -0.4 is 16.4 Å². The second kappa shape index (κ2) is 7.57. The maximum atomic E-state index is 12.1. The van der Waals surface area contributed by atoms with E-state index in [0.717, 1.165) is 19.3 Å². The Morgan fingerprint density at radius 1 is 1.13 bits per heavy atom. The van der Waals surface area contributed by atoms with Crippen LogP contribution in [0.25, 0.3) is 0 Å². The minimum absolute atomic E-state index is 0.0477. The van der Waals surface area contributed by atoms with Crippen molar-refractivity contribution in [2.24, 2.45) is 11.7 Å². The quantitative estimate of drug-likeness (QED) is 0.446. The van der Waals surface area contributed by atoms with E-state index in [4.69, 9.17) is 5.73 Å². The smallest absolute Gasteiger partial charge is 0.319 e. The van der Waals surface area contributed by atoms with Gasteiger partial charge in [-0.25, -0.2) is 4.79 Å². The van der Waals surface area contributed by atoms with Crippen molar-refractivity contribution in [1.29, 1.82) is 0 Å². The molecule has 1 saturated carbocycles. The van der Waals surface area contributed by atoms with Gasteiger partial charge in [0.25, 0.3) is 5.69 Å². The second-order valence-electron chi connectivity index (χ2n) is 5.66. The molecule has 2 rings (SSSR count). The summed E-state index contributed by atoms with van der Waals surface area (Å²) in [6.07, 6.45) is 4.27. The average molecular weight is 320 g/mol. The van der Waals surface area contributed by atoms with E-state index in [9.17, 15) is 19.7 Å². The summed E-state index contributed by atoms with van der Waals surface area (Å²) in [5, 5.41) is 16.0. The highest BCUT2D eigenvalue weighted by Crippen LogP contribution is 2.23. The maximum Gasteiger partial charge on any atom is 0.319 e. The SMILES string of the molecule is NC(=O)C1CCCCCC1NC(=O)Nc1ccc([N+](=O)[O-])cc1. The lowest BCUT2D eigenvalue weighted by Crippen LogP contribution is -2.46. The van der Waals surface area contributed by atoms with E-state index in [1.165, 1.54) is 24.3 Å². The summed E-state index contributed by atoms with van der Waals surface area (Å²) < 4.78 is 0. The molecule has 1 aromatic rings. The molecule has 124 valence electrons. The molecule has 3 amide bonds. The van der Waals surface area contributed by atoms with Crippen molar-refractivity contribution in [1.82, 2.24) is 5.32 Å². The van der Waals surface area contributed by atoms with Gasteiger partial charge in [-0.3, -0.25) is 14.9 Å². The Morgan fingerprint density at radius 2 is 1.78 bits per heavy atom. The second-order valence-corrected chi connectivity index (χ2v) is 5.66. The van der Waals surface area contributed by atoms with Crippen LogP contribution in [0.15, 0.2) is 24.3 Å². The van der Waals surface area contributed by atoms with E-state index in [1.807, 2.05) is 0 Å². The highest BCUT2D eigenvalue weighted by atomic mass is 16.6. The van der Waals surface area contributed by atoms with Crippen molar-refractivity contribution in [3.05, 3.63) is 34.4 Å². The Hall–Kier alpha value is -2.64. The number of nitrogens with two attached hydrogens (primary N) is 1. The number of carbonyl (C=O) groups excluding carboxylic acids is 2. The molecular formula is C15H20N4O4. The molecule has 1 aliphatic carbocycles. The third kappa shape index (κ3) is 4.67. The number of hydrogen-bond donors (Lipinski definition) is 3. The number of nitro benzene ring substituents is 1. The van der Waals surface area contributed by atoms with Gasteiger partial charge in [0.15, 0.2) is 0 Å². The van der Waals surface area contributed by atoms with Gasteiger partial charge < -0.3 is 16.4 Å². The zero-order chi connectivity index (χ0) is 16.8. The molecule has 0 aromatic heterocycles. The molecule has 0 radical (unpaired) electrons. The van der Waals surface area contributed by atoms with Crippen LogP contribution in [0.3, 0.4) is 0 Å². The molecule has 23 heavy (non-hydrogen) atoms. The first-order chi connectivity index (χ1) is 11.0. The van der Waals surface area contributed by atoms with Crippen LogP contribution in [0, 0.1) is 16.0 Å². The fourth-order valence-corrected chi connectivity index (χ4v) is 2.82. The molecule has 0 spiro atoms. The summed E-state index contributed by atoms with van der Waals surface area (Å²) >= 11 is 0. The number of nitro groups is 1. The van der Waals surface area contributed by atoms with Crippen molar-refractivity contribution >= 4 is 23.3 Å². The van der Waals surface area contributed by atoms with Crippen molar-refractivity contribution < 1.29 is 14.5 Å². The number of carbonyl (C=O) groups is 2. The van der Waals surface area contributed by atoms with E-state index in [-0.39, 0.29) is 17.6 Å². The van der Waals surface area contributed by atoms with Crippen LogP contribution in [-0.2, 0) is 4.79 Å². The van der Waals surface area contributed by atoms with E-state index < -0.39 is 16.9 Å². The predicted octanol–water partition coefficient (Wildman–Crippen LogP) is 2.15. The minimum Gasteiger partial charge on any atom is -0.369 e. The minimum atomic E-state index is -0.507. The van der Waals surface area contributed by atoms with Crippen molar-refractivity contribution in [2.75, 3.05) is 5.32 Å². The van der Waals surface area contributed by atoms with Gasteiger partial charge in [0.05, 0.1) is 10.8 Å². The summed E-state index contributed by atoms with van der Waals surface area (Å²) in [6, 6.07) is 4.80. The number of non-ortho nitro benzene ring substituents is 1. The number of primary amides is 1. The third-order valence-corrected chi connectivity index (χ3v) is 4.03. The molecule has 8 heteroatoms. The molecule has 0 heterocycles. The molecule has 1 fully saturated rings. The topological polar surface area (TPSA) is 127 Å². The molecule has 0 aliphatic heterocycles. The lowest BCUT2D eigenvalue weighted by atomic mass is 9.94. The number of hydrogen-bond acceptors (Lipinski definition) is 4. The molecule has 4 N–H and O–H groups in total. The number of benzene rings is 1. The zero-order valence-electron chi connectivity index (χ0n) is 12.7. The van der Waals surface area contributed by atoms with Gasteiger partial charge in [0, 0.05) is 23.9 Å². The molecular weight excluding hydrogens is 300 g/mol. The van der Waals surface area contributed by atoms with Crippen LogP contribution >= 0.6 is 0 Å². The van der Waals surface area contributed by atoms with Crippen LogP contribution in [0.1, 0.15) is 32.1 Å². The molecule has 2 unspecified atom stereocenters. The van der Waals surface area contributed by atoms with Crippen molar-refractivity contribution in [3.63, 3.8) is 0 Å². The van der Waals surface area contributed by atoms with E-state index >= 15 is 0 Å². The van der Waals surface area contributed by atoms with Gasteiger partial charge >= 0.3 is 6.03 Å². The summed E-state index contributed by atoms with van der Waals surface area (Å²) in [7, 11) is 0. The fourth-order valence-electron chi connectivity index (χ4n) is 2.82. The van der Waals surface area contributed by atoms with Gasteiger partial charge in [-0.05, 0) is 25.0 Å². The summed E-state index contributed by atoms with van der Waals surface area (Å²) in [6.45, 7) is 0. The number of urea groups is 1. The normalized spacial score (nSPS) is 21.0. The number of amides is 3. The Labute approximate surface area is 133 Å². The van der Waals surface area contributed by atoms with Crippen LogP contribution in [0.5, 0.6) is 0 Å². The fraction of sp³-hybridized carbons (Fsp3) is 0.467. The Balaban J connectivity index is 1.97. The van der Waals surface area contributed by atoms with Crippen LogP contribution in [-0.4, -0.2) is 22.9 Å². The molecule has 0 bridgehead atoms. The summed E-state index contributed by atoms with van der Waals surface area (Å²) in [4.78, 5) is 33.7. The molecule has 1 aromatic carbocycles. The molecule has 2 atom stereocenters. The first kappa shape index (κ1) is 16.7. The van der Waals surface area contributed by atoms with Gasteiger partial charge in [0.2, 0.25) is 5.91 Å². The van der Waals surface area contributed by atoms with Crippen LogP contribution in [0.2, 0.25) is 0 Å². The first-order valence-corrected chi connectivity index (χ1v) is 7.58.